The van der Waals surface area contributed by atoms with Gasteiger partial charge in [0.2, 0.25) is 11.8 Å². The lowest BCUT2D eigenvalue weighted by molar-refractivity contribution is -0.137. The molecule has 1 aromatic carbocycles. The number of halogens is 2. The molecule has 1 aliphatic rings. The number of carbonyl (C=O) groups excluding carboxylic acids is 2. The van der Waals surface area contributed by atoms with E-state index in [-0.39, 0.29) is 36.3 Å². The SMILES string of the molecule is CC1(C)NC(=O)CCN(Cc2cccc(Cl)c2F)C1=O. The Morgan fingerprint density at radius 3 is 2.80 bits per heavy atom. The van der Waals surface area contributed by atoms with Crippen molar-refractivity contribution in [1.29, 1.82) is 0 Å². The lowest BCUT2D eigenvalue weighted by Crippen LogP contribution is -2.52. The second-order valence-electron chi connectivity index (χ2n) is 5.36. The number of rotatable bonds is 2. The molecule has 1 N–H and O–H groups in total. The van der Waals surface area contributed by atoms with Crippen molar-refractivity contribution < 1.29 is 14.0 Å². The van der Waals surface area contributed by atoms with Gasteiger partial charge < -0.3 is 10.2 Å². The zero-order valence-electron chi connectivity index (χ0n) is 11.4. The summed E-state index contributed by atoms with van der Waals surface area (Å²) in [6.07, 6.45) is 0.206. The minimum atomic E-state index is -0.983. The molecule has 0 saturated carbocycles. The van der Waals surface area contributed by atoms with Crippen LogP contribution in [0.5, 0.6) is 0 Å². The Hall–Kier alpha value is -1.62. The van der Waals surface area contributed by atoms with Crippen molar-refractivity contribution in [3.63, 3.8) is 0 Å². The summed E-state index contributed by atoms with van der Waals surface area (Å²) >= 11 is 5.73. The predicted octanol–water partition coefficient (Wildman–Crippen LogP) is 2.11. The van der Waals surface area contributed by atoms with E-state index < -0.39 is 11.4 Å². The van der Waals surface area contributed by atoms with Gasteiger partial charge in [0.15, 0.2) is 0 Å². The Morgan fingerprint density at radius 1 is 1.40 bits per heavy atom. The van der Waals surface area contributed by atoms with E-state index in [1.165, 1.54) is 11.0 Å². The highest BCUT2D eigenvalue weighted by molar-refractivity contribution is 6.30. The zero-order chi connectivity index (χ0) is 14.9. The molecule has 2 amide bonds. The van der Waals surface area contributed by atoms with Crippen LogP contribution in [0.3, 0.4) is 0 Å². The van der Waals surface area contributed by atoms with Crippen molar-refractivity contribution >= 4 is 23.4 Å². The minimum absolute atomic E-state index is 0.0261. The van der Waals surface area contributed by atoms with Gasteiger partial charge in [0.05, 0.1) is 5.02 Å². The predicted molar refractivity (Wildman–Crippen MR) is 73.7 cm³/mol. The number of amides is 2. The first-order chi connectivity index (χ1) is 9.31. The van der Waals surface area contributed by atoms with Gasteiger partial charge in [-0.3, -0.25) is 9.59 Å². The lowest BCUT2D eigenvalue weighted by atomic mass is 10.0. The summed E-state index contributed by atoms with van der Waals surface area (Å²) in [6.45, 7) is 3.64. The Bertz CT molecular complexity index is 560. The van der Waals surface area contributed by atoms with Crippen LogP contribution in [-0.4, -0.2) is 28.8 Å². The van der Waals surface area contributed by atoms with Crippen LogP contribution in [0.1, 0.15) is 25.8 Å². The van der Waals surface area contributed by atoms with Crippen LogP contribution in [-0.2, 0) is 16.1 Å². The Labute approximate surface area is 121 Å². The fraction of sp³-hybridized carbons (Fsp3) is 0.429. The van der Waals surface area contributed by atoms with Gasteiger partial charge in [-0.05, 0) is 19.9 Å². The smallest absolute Gasteiger partial charge is 0.248 e. The van der Waals surface area contributed by atoms with E-state index in [1.807, 2.05) is 0 Å². The summed E-state index contributed by atoms with van der Waals surface area (Å²) in [4.78, 5) is 25.4. The first-order valence-electron chi connectivity index (χ1n) is 6.34. The van der Waals surface area contributed by atoms with Crippen molar-refractivity contribution in [3.05, 3.63) is 34.6 Å². The van der Waals surface area contributed by atoms with Gasteiger partial charge >= 0.3 is 0 Å². The van der Waals surface area contributed by atoms with Crippen LogP contribution >= 0.6 is 11.6 Å². The average molecular weight is 299 g/mol. The fourth-order valence-corrected chi connectivity index (χ4v) is 2.42. The molecule has 108 valence electrons. The molecule has 1 aromatic rings. The summed E-state index contributed by atoms with van der Waals surface area (Å²) in [6, 6.07) is 4.68. The van der Waals surface area contributed by atoms with Crippen molar-refractivity contribution in [3.8, 4) is 0 Å². The van der Waals surface area contributed by atoms with Crippen LogP contribution in [0.2, 0.25) is 5.02 Å². The van der Waals surface area contributed by atoms with E-state index in [4.69, 9.17) is 11.6 Å². The third-order valence-corrected chi connectivity index (χ3v) is 3.57. The summed E-state index contributed by atoms with van der Waals surface area (Å²) in [5.74, 6) is -0.941. The topological polar surface area (TPSA) is 49.4 Å². The van der Waals surface area contributed by atoms with E-state index in [0.717, 1.165) is 0 Å². The molecule has 20 heavy (non-hydrogen) atoms. The quantitative estimate of drug-likeness (QED) is 0.909. The average Bonchev–Trinajstić information content (AvgIpc) is 2.46. The molecule has 1 fully saturated rings. The molecule has 1 heterocycles. The van der Waals surface area contributed by atoms with Crippen molar-refractivity contribution in [2.45, 2.75) is 32.4 Å². The van der Waals surface area contributed by atoms with Crippen LogP contribution in [0, 0.1) is 5.82 Å². The largest absolute Gasteiger partial charge is 0.342 e. The van der Waals surface area contributed by atoms with E-state index in [1.54, 1.807) is 26.0 Å². The Balaban J connectivity index is 2.25. The van der Waals surface area contributed by atoms with E-state index in [2.05, 4.69) is 5.32 Å². The minimum Gasteiger partial charge on any atom is -0.342 e. The number of nitrogens with one attached hydrogen (secondary N) is 1. The van der Waals surface area contributed by atoms with E-state index in [9.17, 15) is 14.0 Å². The molecule has 6 heteroatoms. The molecular weight excluding hydrogens is 283 g/mol. The van der Waals surface area contributed by atoms with Gasteiger partial charge in [-0.15, -0.1) is 0 Å². The number of nitrogens with zero attached hydrogens (tertiary/aromatic N) is 1. The molecular formula is C14H16ClFN2O2. The number of benzene rings is 1. The second-order valence-corrected chi connectivity index (χ2v) is 5.77. The van der Waals surface area contributed by atoms with E-state index in [0.29, 0.717) is 5.56 Å². The van der Waals surface area contributed by atoms with Crippen molar-refractivity contribution in [1.82, 2.24) is 10.2 Å². The Kier molecular flexibility index (Phi) is 3.99. The Morgan fingerprint density at radius 2 is 2.10 bits per heavy atom. The summed E-state index contributed by atoms with van der Waals surface area (Å²) in [5, 5.41) is 2.69. The highest BCUT2D eigenvalue weighted by atomic mass is 35.5. The molecule has 4 nitrogen and oxygen atoms in total. The van der Waals surface area contributed by atoms with Gasteiger partial charge in [-0.25, -0.2) is 4.39 Å². The number of hydrogen-bond acceptors (Lipinski definition) is 2. The fourth-order valence-electron chi connectivity index (χ4n) is 2.22. The highest BCUT2D eigenvalue weighted by Gasteiger charge is 2.36. The summed E-state index contributed by atoms with van der Waals surface area (Å²) in [7, 11) is 0. The number of carbonyl (C=O) groups is 2. The van der Waals surface area contributed by atoms with Gasteiger partial charge in [0, 0.05) is 25.1 Å². The summed E-state index contributed by atoms with van der Waals surface area (Å²) in [5.41, 5.74) is -0.640. The third kappa shape index (κ3) is 2.93. The van der Waals surface area contributed by atoms with Crippen LogP contribution in [0.15, 0.2) is 18.2 Å². The van der Waals surface area contributed by atoms with Gasteiger partial charge in [0.25, 0.3) is 0 Å². The molecule has 2 rings (SSSR count). The second kappa shape index (κ2) is 5.40. The summed E-state index contributed by atoms with van der Waals surface area (Å²) < 4.78 is 13.9. The molecule has 0 aromatic heterocycles. The normalized spacial score (nSPS) is 18.7. The van der Waals surface area contributed by atoms with Gasteiger partial charge in [-0.1, -0.05) is 23.7 Å². The van der Waals surface area contributed by atoms with Crippen molar-refractivity contribution in [2.24, 2.45) is 0 Å². The number of hydrogen-bond donors (Lipinski definition) is 1. The monoisotopic (exact) mass is 298 g/mol. The molecule has 1 aliphatic heterocycles. The molecule has 0 radical (unpaired) electrons. The molecule has 0 unspecified atom stereocenters. The highest BCUT2D eigenvalue weighted by Crippen LogP contribution is 2.21. The third-order valence-electron chi connectivity index (χ3n) is 3.28. The molecule has 0 aliphatic carbocycles. The van der Waals surface area contributed by atoms with E-state index >= 15 is 0 Å². The first kappa shape index (κ1) is 14.8. The molecule has 1 saturated heterocycles. The zero-order valence-corrected chi connectivity index (χ0v) is 12.1. The molecule has 0 spiro atoms. The maximum Gasteiger partial charge on any atom is 0.248 e. The van der Waals surface area contributed by atoms with Crippen LogP contribution in [0.4, 0.5) is 4.39 Å². The molecule has 0 bridgehead atoms. The molecule has 0 atom stereocenters. The van der Waals surface area contributed by atoms with Crippen molar-refractivity contribution in [2.75, 3.05) is 6.54 Å². The van der Waals surface area contributed by atoms with Crippen LogP contribution < -0.4 is 5.32 Å². The maximum absolute atomic E-state index is 13.9. The van der Waals surface area contributed by atoms with Gasteiger partial charge in [-0.2, -0.15) is 0 Å². The maximum atomic E-state index is 13.9. The lowest BCUT2D eigenvalue weighted by Gasteiger charge is -2.29. The van der Waals surface area contributed by atoms with Crippen LogP contribution in [0.25, 0.3) is 0 Å². The van der Waals surface area contributed by atoms with Gasteiger partial charge in [0.1, 0.15) is 11.4 Å². The first-order valence-corrected chi connectivity index (χ1v) is 6.72. The standard InChI is InChI=1S/C14H16ClFN2O2/c1-14(2)13(20)18(7-6-11(19)17-14)8-9-4-3-5-10(15)12(9)16/h3-5H,6-8H2,1-2H3,(H,17,19).